The van der Waals surface area contributed by atoms with Gasteiger partial charge in [0.15, 0.2) is 0 Å². The lowest BCUT2D eigenvalue weighted by Gasteiger charge is -2.23. The minimum absolute atomic E-state index is 0.456. The molecule has 18 heavy (non-hydrogen) atoms. The molecule has 0 bridgehead atoms. The van der Waals surface area contributed by atoms with Crippen LogP contribution in [0, 0.1) is 5.41 Å². The molecule has 0 aromatic heterocycles. The lowest BCUT2D eigenvalue weighted by atomic mass is 9.82. The zero-order valence-corrected chi connectivity index (χ0v) is 12.7. The molecule has 0 saturated heterocycles. The Hall–Kier alpha value is -0.780. The third-order valence-electron chi connectivity index (χ3n) is 3.67. The van der Waals surface area contributed by atoms with Gasteiger partial charge in [-0.2, -0.15) is 0 Å². The maximum absolute atomic E-state index is 2.35. The van der Waals surface area contributed by atoms with E-state index in [1.165, 1.54) is 44.1 Å². The molecule has 0 saturated carbocycles. The van der Waals surface area contributed by atoms with Crippen molar-refractivity contribution in [3.05, 3.63) is 35.9 Å². The van der Waals surface area contributed by atoms with E-state index in [-0.39, 0.29) is 0 Å². The van der Waals surface area contributed by atoms with E-state index >= 15 is 0 Å². The van der Waals surface area contributed by atoms with Gasteiger partial charge in [0.1, 0.15) is 0 Å². The monoisotopic (exact) mass is 246 g/mol. The van der Waals surface area contributed by atoms with Gasteiger partial charge in [0.05, 0.1) is 0 Å². The molecule has 0 fully saturated rings. The fraction of sp³-hybridized carbons (Fsp3) is 0.667. The molecule has 1 rings (SSSR count). The molecule has 0 aliphatic heterocycles. The van der Waals surface area contributed by atoms with Crippen LogP contribution in [0.3, 0.4) is 0 Å². The summed E-state index contributed by atoms with van der Waals surface area (Å²) in [5.41, 5.74) is 2.00. The number of unbranched alkanes of at least 4 members (excludes halogenated alkanes) is 2. The third kappa shape index (κ3) is 6.23. The first-order valence-electron chi connectivity index (χ1n) is 7.58. The second kappa shape index (κ2) is 7.61. The molecule has 0 nitrogen and oxygen atoms in total. The first-order chi connectivity index (χ1) is 8.53. The molecule has 0 radical (unpaired) electrons. The van der Waals surface area contributed by atoms with E-state index in [1.54, 1.807) is 0 Å². The van der Waals surface area contributed by atoms with Gasteiger partial charge in [-0.3, -0.25) is 0 Å². The fourth-order valence-corrected chi connectivity index (χ4v) is 2.45. The van der Waals surface area contributed by atoms with E-state index in [0.29, 0.717) is 5.41 Å². The minimum atomic E-state index is 0.456. The molecule has 0 heterocycles. The van der Waals surface area contributed by atoms with Crippen LogP contribution in [0.15, 0.2) is 30.3 Å². The van der Waals surface area contributed by atoms with Crippen molar-refractivity contribution in [3.8, 4) is 0 Å². The molecule has 0 spiro atoms. The number of hydrogen-bond donors (Lipinski definition) is 0. The van der Waals surface area contributed by atoms with Gasteiger partial charge in [-0.1, -0.05) is 77.3 Å². The van der Waals surface area contributed by atoms with Crippen LogP contribution in [0.4, 0.5) is 0 Å². The van der Waals surface area contributed by atoms with Crippen LogP contribution < -0.4 is 0 Å². The van der Waals surface area contributed by atoms with Crippen LogP contribution in [0.5, 0.6) is 0 Å². The molecule has 1 aromatic carbocycles. The van der Waals surface area contributed by atoms with Crippen LogP contribution in [0.1, 0.15) is 77.7 Å². The number of rotatable bonds is 7. The van der Waals surface area contributed by atoms with Crippen LogP contribution >= 0.6 is 0 Å². The third-order valence-corrected chi connectivity index (χ3v) is 3.67. The first kappa shape index (κ1) is 15.3. The van der Waals surface area contributed by atoms with Crippen LogP contribution in [-0.4, -0.2) is 0 Å². The molecule has 0 amide bonds. The van der Waals surface area contributed by atoms with Crippen molar-refractivity contribution < 1.29 is 0 Å². The highest BCUT2D eigenvalue weighted by atomic mass is 14.2. The highest BCUT2D eigenvalue weighted by molar-refractivity contribution is 5.19. The van der Waals surface area contributed by atoms with Crippen molar-refractivity contribution in [2.45, 2.75) is 72.1 Å². The zero-order valence-electron chi connectivity index (χ0n) is 12.7. The predicted molar refractivity (Wildman–Crippen MR) is 82.0 cm³/mol. The average Bonchev–Trinajstić information content (AvgIpc) is 2.33. The largest absolute Gasteiger partial charge is 0.0654 e. The topological polar surface area (TPSA) is 0 Å². The molecule has 1 atom stereocenters. The van der Waals surface area contributed by atoms with Gasteiger partial charge in [-0.05, 0) is 36.2 Å². The fourth-order valence-electron chi connectivity index (χ4n) is 2.45. The molecular formula is C18H30. The summed E-state index contributed by atoms with van der Waals surface area (Å²) < 4.78 is 0. The first-order valence-corrected chi connectivity index (χ1v) is 7.58. The molecule has 102 valence electrons. The van der Waals surface area contributed by atoms with Gasteiger partial charge in [0.25, 0.3) is 0 Å². The Kier molecular flexibility index (Phi) is 6.46. The van der Waals surface area contributed by atoms with Crippen molar-refractivity contribution in [1.82, 2.24) is 0 Å². The van der Waals surface area contributed by atoms with Crippen molar-refractivity contribution >= 4 is 0 Å². The Morgan fingerprint density at radius 1 is 0.944 bits per heavy atom. The Morgan fingerprint density at radius 3 is 2.17 bits per heavy atom. The second-order valence-corrected chi connectivity index (χ2v) is 6.70. The summed E-state index contributed by atoms with van der Waals surface area (Å²) in [6.07, 6.45) is 8.07. The smallest absolute Gasteiger partial charge is 0.0162 e. The molecule has 0 heteroatoms. The molecular weight excluding hydrogens is 216 g/mol. The van der Waals surface area contributed by atoms with Crippen LogP contribution in [-0.2, 0) is 0 Å². The summed E-state index contributed by atoms with van der Waals surface area (Å²) in [5, 5.41) is 0. The average molecular weight is 246 g/mol. The Morgan fingerprint density at radius 2 is 1.61 bits per heavy atom. The molecule has 1 aromatic rings. The van der Waals surface area contributed by atoms with E-state index in [0.717, 1.165) is 5.92 Å². The number of hydrogen-bond acceptors (Lipinski definition) is 0. The summed E-state index contributed by atoms with van der Waals surface area (Å²) in [4.78, 5) is 0. The van der Waals surface area contributed by atoms with Crippen LogP contribution in [0.2, 0.25) is 0 Å². The zero-order chi connectivity index (χ0) is 13.4. The van der Waals surface area contributed by atoms with Crippen molar-refractivity contribution in [3.63, 3.8) is 0 Å². The quantitative estimate of drug-likeness (QED) is 0.504. The summed E-state index contributed by atoms with van der Waals surface area (Å²) in [7, 11) is 0. The standard InChI is InChI=1S/C18H30/c1-5-6-8-11-17(14-15-18(2,3)4)16-12-9-7-10-13-16/h7,9-10,12-13,17H,5-6,8,11,14-15H2,1-4H3. The van der Waals surface area contributed by atoms with E-state index in [1.807, 2.05) is 0 Å². The molecule has 0 aliphatic carbocycles. The van der Waals surface area contributed by atoms with E-state index in [2.05, 4.69) is 58.0 Å². The van der Waals surface area contributed by atoms with Crippen molar-refractivity contribution in [1.29, 1.82) is 0 Å². The van der Waals surface area contributed by atoms with Crippen molar-refractivity contribution in [2.75, 3.05) is 0 Å². The molecule has 0 aliphatic rings. The maximum Gasteiger partial charge on any atom is -0.0162 e. The highest BCUT2D eigenvalue weighted by Crippen LogP contribution is 2.32. The van der Waals surface area contributed by atoms with Crippen LogP contribution in [0.25, 0.3) is 0 Å². The van der Waals surface area contributed by atoms with E-state index in [9.17, 15) is 0 Å². The lowest BCUT2D eigenvalue weighted by molar-refractivity contribution is 0.341. The van der Waals surface area contributed by atoms with Gasteiger partial charge in [0, 0.05) is 0 Å². The number of benzene rings is 1. The highest BCUT2D eigenvalue weighted by Gasteiger charge is 2.16. The SMILES string of the molecule is CCCCCC(CCC(C)(C)C)c1ccccc1. The summed E-state index contributed by atoms with van der Waals surface area (Å²) >= 11 is 0. The van der Waals surface area contributed by atoms with Gasteiger partial charge < -0.3 is 0 Å². The minimum Gasteiger partial charge on any atom is -0.0654 e. The maximum atomic E-state index is 2.35. The van der Waals surface area contributed by atoms with E-state index in [4.69, 9.17) is 0 Å². The summed E-state index contributed by atoms with van der Waals surface area (Å²) in [6.45, 7) is 9.33. The van der Waals surface area contributed by atoms with Gasteiger partial charge in [-0.25, -0.2) is 0 Å². The second-order valence-electron chi connectivity index (χ2n) is 6.70. The van der Waals surface area contributed by atoms with E-state index < -0.39 is 0 Å². The van der Waals surface area contributed by atoms with Crippen molar-refractivity contribution in [2.24, 2.45) is 5.41 Å². The lowest BCUT2D eigenvalue weighted by Crippen LogP contribution is -2.08. The van der Waals surface area contributed by atoms with Gasteiger partial charge >= 0.3 is 0 Å². The Labute approximate surface area is 114 Å². The Bertz CT molecular complexity index is 305. The molecule has 1 unspecified atom stereocenters. The summed E-state index contributed by atoms with van der Waals surface area (Å²) in [5.74, 6) is 0.761. The van der Waals surface area contributed by atoms with Gasteiger partial charge in [-0.15, -0.1) is 0 Å². The molecule has 0 N–H and O–H groups in total. The predicted octanol–water partition coefficient (Wildman–Crippen LogP) is 6.18. The Balaban J connectivity index is 2.58. The normalized spacial score (nSPS) is 13.6. The van der Waals surface area contributed by atoms with Gasteiger partial charge in [0.2, 0.25) is 0 Å². The summed E-state index contributed by atoms with van der Waals surface area (Å²) in [6, 6.07) is 11.1.